The van der Waals surface area contributed by atoms with E-state index < -0.39 is 0 Å². The van der Waals surface area contributed by atoms with E-state index in [0.29, 0.717) is 18.7 Å². The number of para-hydroxylation sites is 1. The molecular formula is C23H20N4O2. The van der Waals surface area contributed by atoms with Crippen LogP contribution >= 0.6 is 0 Å². The minimum Gasteiger partial charge on any atom is -0.488 e. The summed E-state index contributed by atoms with van der Waals surface area (Å²) >= 11 is 0. The van der Waals surface area contributed by atoms with Crippen molar-refractivity contribution in [3.8, 4) is 5.75 Å². The molecule has 3 heterocycles. The molecule has 5 rings (SSSR count). The molecule has 4 aromatic rings. The van der Waals surface area contributed by atoms with Crippen molar-refractivity contribution in [3.63, 3.8) is 0 Å². The normalized spacial score (nSPS) is 15.0. The van der Waals surface area contributed by atoms with Gasteiger partial charge in [-0.05, 0) is 30.3 Å². The molecule has 0 radical (unpaired) electrons. The molecule has 6 nitrogen and oxygen atoms in total. The standard InChI is InChI=1S/C23H20N4O2/c28-23(17-6-7-19-20(15-17)25-12-11-24-19)27-13-8-18(9-14-27)29-21-5-1-3-16-4-2-10-26-22(16)21/h1-7,10-12,15,18H,8-9,13-14H2. The fourth-order valence-electron chi connectivity index (χ4n) is 3.81. The first-order valence-corrected chi connectivity index (χ1v) is 9.78. The van der Waals surface area contributed by atoms with Crippen molar-refractivity contribution in [3.05, 3.63) is 72.7 Å². The average Bonchev–Trinajstić information content (AvgIpc) is 2.79. The molecule has 1 aliphatic heterocycles. The van der Waals surface area contributed by atoms with Crippen LogP contribution in [-0.2, 0) is 0 Å². The molecule has 0 unspecified atom stereocenters. The van der Waals surface area contributed by atoms with E-state index in [2.05, 4.69) is 15.0 Å². The van der Waals surface area contributed by atoms with Gasteiger partial charge in [-0.3, -0.25) is 19.7 Å². The van der Waals surface area contributed by atoms with Gasteiger partial charge in [0.25, 0.3) is 5.91 Å². The summed E-state index contributed by atoms with van der Waals surface area (Å²) in [5.41, 5.74) is 3.06. The Morgan fingerprint density at radius 1 is 0.897 bits per heavy atom. The van der Waals surface area contributed by atoms with Crippen LogP contribution in [-0.4, -0.2) is 45.0 Å². The smallest absolute Gasteiger partial charge is 0.253 e. The van der Waals surface area contributed by atoms with Gasteiger partial charge in [0.2, 0.25) is 0 Å². The van der Waals surface area contributed by atoms with Gasteiger partial charge in [-0.15, -0.1) is 0 Å². The summed E-state index contributed by atoms with van der Waals surface area (Å²) in [7, 11) is 0. The van der Waals surface area contributed by atoms with Gasteiger partial charge >= 0.3 is 0 Å². The van der Waals surface area contributed by atoms with Gasteiger partial charge in [0, 0.05) is 55.5 Å². The van der Waals surface area contributed by atoms with Crippen LogP contribution in [0.5, 0.6) is 5.75 Å². The van der Waals surface area contributed by atoms with Gasteiger partial charge in [-0.2, -0.15) is 0 Å². The van der Waals surface area contributed by atoms with Gasteiger partial charge in [0.15, 0.2) is 0 Å². The second kappa shape index (κ2) is 7.47. The minimum absolute atomic E-state index is 0.0304. The maximum atomic E-state index is 12.9. The molecule has 0 spiro atoms. The first-order valence-electron chi connectivity index (χ1n) is 9.78. The summed E-state index contributed by atoms with van der Waals surface area (Å²) in [4.78, 5) is 27.8. The number of carbonyl (C=O) groups excluding carboxylic acids is 1. The molecule has 1 saturated heterocycles. The molecule has 144 valence electrons. The molecule has 1 amide bonds. The number of aromatic nitrogens is 3. The predicted octanol–water partition coefficient (Wildman–Crippen LogP) is 3.86. The second-order valence-electron chi connectivity index (χ2n) is 7.20. The van der Waals surface area contributed by atoms with Crippen LogP contribution in [0.15, 0.2) is 67.1 Å². The highest BCUT2D eigenvalue weighted by atomic mass is 16.5. The lowest BCUT2D eigenvalue weighted by molar-refractivity contribution is 0.0598. The monoisotopic (exact) mass is 384 g/mol. The van der Waals surface area contributed by atoms with E-state index >= 15 is 0 Å². The Labute approximate surface area is 168 Å². The van der Waals surface area contributed by atoms with Crippen LogP contribution in [0.2, 0.25) is 0 Å². The Hall–Kier alpha value is -3.54. The van der Waals surface area contributed by atoms with Crippen LogP contribution in [0, 0.1) is 0 Å². The van der Waals surface area contributed by atoms with E-state index in [1.54, 1.807) is 18.6 Å². The quantitative estimate of drug-likeness (QED) is 0.536. The lowest BCUT2D eigenvalue weighted by Gasteiger charge is -2.32. The Morgan fingerprint density at radius 3 is 2.55 bits per heavy atom. The first kappa shape index (κ1) is 17.6. The third-order valence-corrected chi connectivity index (χ3v) is 5.33. The number of amides is 1. The van der Waals surface area contributed by atoms with Crippen molar-refractivity contribution in [2.75, 3.05) is 13.1 Å². The largest absolute Gasteiger partial charge is 0.488 e. The molecule has 2 aromatic carbocycles. The zero-order valence-electron chi connectivity index (χ0n) is 15.9. The van der Waals surface area contributed by atoms with Gasteiger partial charge in [-0.25, -0.2) is 0 Å². The minimum atomic E-state index is 0.0304. The number of pyridine rings is 1. The highest BCUT2D eigenvalue weighted by Crippen LogP contribution is 2.27. The summed E-state index contributed by atoms with van der Waals surface area (Å²) in [6, 6.07) is 15.4. The van der Waals surface area contributed by atoms with E-state index in [-0.39, 0.29) is 12.0 Å². The molecular weight excluding hydrogens is 364 g/mol. The fourth-order valence-corrected chi connectivity index (χ4v) is 3.81. The third-order valence-electron chi connectivity index (χ3n) is 5.33. The summed E-state index contributed by atoms with van der Waals surface area (Å²) in [6.45, 7) is 1.33. The van der Waals surface area contributed by atoms with Crippen molar-refractivity contribution in [2.24, 2.45) is 0 Å². The molecule has 2 aromatic heterocycles. The second-order valence-corrected chi connectivity index (χ2v) is 7.20. The van der Waals surface area contributed by atoms with E-state index in [4.69, 9.17) is 4.74 Å². The van der Waals surface area contributed by atoms with Crippen molar-refractivity contribution < 1.29 is 9.53 Å². The summed E-state index contributed by atoms with van der Waals surface area (Å²) in [5, 5.41) is 1.07. The maximum Gasteiger partial charge on any atom is 0.253 e. The predicted molar refractivity (Wildman–Crippen MR) is 111 cm³/mol. The Bertz CT molecular complexity index is 1180. The third kappa shape index (κ3) is 3.49. The number of nitrogens with zero attached hydrogens (tertiary/aromatic N) is 4. The molecule has 0 atom stereocenters. The number of fused-ring (bicyclic) bond motifs is 2. The first-order chi connectivity index (χ1) is 14.3. The molecule has 1 aliphatic rings. The Balaban J connectivity index is 1.26. The van der Waals surface area contributed by atoms with E-state index in [9.17, 15) is 4.79 Å². The zero-order chi connectivity index (χ0) is 19.6. The number of rotatable bonds is 3. The summed E-state index contributed by atoms with van der Waals surface area (Å²) < 4.78 is 6.24. The topological polar surface area (TPSA) is 68.2 Å². The highest BCUT2D eigenvalue weighted by Gasteiger charge is 2.25. The summed E-state index contributed by atoms with van der Waals surface area (Å²) in [5.74, 6) is 0.837. The van der Waals surface area contributed by atoms with Crippen LogP contribution in [0.3, 0.4) is 0 Å². The van der Waals surface area contributed by atoms with Gasteiger partial charge in [0.1, 0.15) is 17.4 Å². The van der Waals surface area contributed by atoms with Gasteiger partial charge in [-0.1, -0.05) is 18.2 Å². The highest BCUT2D eigenvalue weighted by molar-refractivity contribution is 5.97. The molecule has 6 heteroatoms. The van der Waals surface area contributed by atoms with Gasteiger partial charge in [0.05, 0.1) is 11.0 Å². The van der Waals surface area contributed by atoms with Gasteiger partial charge < -0.3 is 9.64 Å². The molecule has 1 fully saturated rings. The molecule has 0 N–H and O–H groups in total. The number of benzene rings is 2. The summed E-state index contributed by atoms with van der Waals surface area (Å²) in [6.07, 6.45) is 6.74. The average molecular weight is 384 g/mol. The van der Waals surface area contributed by atoms with E-state index in [1.807, 2.05) is 53.4 Å². The van der Waals surface area contributed by atoms with Crippen molar-refractivity contribution >= 4 is 27.8 Å². The van der Waals surface area contributed by atoms with Crippen LogP contribution in [0.1, 0.15) is 23.2 Å². The number of hydrogen-bond acceptors (Lipinski definition) is 5. The molecule has 0 bridgehead atoms. The van der Waals surface area contributed by atoms with Crippen LogP contribution in [0.25, 0.3) is 21.9 Å². The van der Waals surface area contributed by atoms with E-state index in [1.165, 1.54) is 0 Å². The number of ether oxygens (including phenoxy) is 1. The van der Waals surface area contributed by atoms with Crippen LogP contribution in [0.4, 0.5) is 0 Å². The maximum absolute atomic E-state index is 12.9. The zero-order valence-corrected chi connectivity index (χ0v) is 15.9. The Kier molecular flexibility index (Phi) is 4.52. The molecule has 0 saturated carbocycles. The van der Waals surface area contributed by atoms with Crippen molar-refractivity contribution in [1.82, 2.24) is 19.9 Å². The molecule has 29 heavy (non-hydrogen) atoms. The van der Waals surface area contributed by atoms with Crippen molar-refractivity contribution in [2.45, 2.75) is 18.9 Å². The lowest BCUT2D eigenvalue weighted by atomic mass is 10.1. The SMILES string of the molecule is O=C(c1ccc2nccnc2c1)N1CCC(Oc2cccc3cccnc23)CC1. The number of piperidine rings is 1. The number of hydrogen-bond donors (Lipinski definition) is 0. The fraction of sp³-hybridized carbons (Fsp3) is 0.217. The number of carbonyl (C=O) groups is 1. The number of likely N-dealkylation sites (tertiary alicyclic amines) is 1. The van der Waals surface area contributed by atoms with Crippen molar-refractivity contribution in [1.29, 1.82) is 0 Å². The Morgan fingerprint density at radius 2 is 1.69 bits per heavy atom. The lowest BCUT2D eigenvalue weighted by Crippen LogP contribution is -2.41. The van der Waals surface area contributed by atoms with Crippen LogP contribution < -0.4 is 4.74 Å². The van der Waals surface area contributed by atoms with E-state index in [0.717, 1.165) is 40.5 Å². The molecule has 0 aliphatic carbocycles.